The number of aromatic nitrogens is 2. The maximum absolute atomic E-state index is 13.6. The number of piperazine rings is 1. The summed E-state index contributed by atoms with van der Waals surface area (Å²) in [7, 11) is 1.52. The van der Waals surface area contributed by atoms with Crippen LogP contribution in [0.3, 0.4) is 0 Å². The van der Waals surface area contributed by atoms with E-state index in [2.05, 4.69) is 15.5 Å². The maximum Gasteiger partial charge on any atom is 0.417 e. The van der Waals surface area contributed by atoms with Gasteiger partial charge in [-0.25, -0.2) is 4.39 Å². The molecule has 0 unspecified atom stereocenters. The van der Waals surface area contributed by atoms with Crippen molar-refractivity contribution in [1.82, 2.24) is 25.3 Å². The zero-order valence-electron chi connectivity index (χ0n) is 20.1. The predicted octanol–water partition coefficient (Wildman–Crippen LogP) is 2.96. The van der Waals surface area contributed by atoms with E-state index < -0.39 is 40.8 Å². The highest BCUT2D eigenvalue weighted by Crippen LogP contribution is 2.33. The van der Waals surface area contributed by atoms with Crippen LogP contribution in [0, 0.1) is 5.82 Å². The summed E-state index contributed by atoms with van der Waals surface area (Å²) in [4.78, 5) is 40.3. The SMILES string of the molecule is COc1ccccc1-c1cc(C(=O)NCC(=O)N2CCN(C(=O)c3cc(F)ccc3C(F)(F)F)CC2)n[nH]1. The standard InChI is InChI=1S/C25H23F4N5O4/c1-38-21-5-3-2-4-16(21)19-13-20(32-31-19)23(36)30-14-22(35)33-8-10-34(11-9-33)24(37)17-12-15(26)6-7-18(17)25(27,28)29/h2-7,12-13H,8-11,14H2,1H3,(H,30,36)(H,31,32). The first-order valence-corrected chi connectivity index (χ1v) is 11.5. The summed E-state index contributed by atoms with van der Waals surface area (Å²) in [5.41, 5.74) is -0.699. The summed E-state index contributed by atoms with van der Waals surface area (Å²) in [5, 5.41) is 9.22. The van der Waals surface area contributed by atoms with E-state index in [0.717, 1.165) is 4.90 Å². The van der Waals surface area contributed by atoms with Crippen molar-refractivity contribution in [2.45, 2.75) is 6.18 Å². The van der Waals surface area contributed by atoms with E-state index in [4.69, 9.17) is 4.74 Å². The van der Waals surface area contributed by atoms with Gasteiger partial charge in [0.1, 0.15) is 11.6 Å². The first kappa shape index (κ1) is 26.6. The lowest BCUT2D eigenvalue weighted by Crippen LogP contribution is -2.52. The van der Waals surface area contributed by atoms with Crippen LogP contribution in [0.25, 0.3) is 11.3 Å². The van der Waals surface area contributed by atoms with Crippen LogP contribution < -0.4 is 10.1 Å². The van der Waals surface area contributed by atoms with Crippen molar-refractivity contribution in [3.63, 3.8) is 0 Å². The number of ether oxygens (including phenoxy) is 1. The number of rotatable bonds is 6. The lowest BCUT2D eigenvalue weighted by molar-refractivity contribution is -0.138. The molecule has 0 bridgehead atoms. The number of amides is 3. The third kappa shape index (κ3) is 5.76. The van der Waals surface area contributed by atoms with Crippen molar-refractivity contribution in [3.8, 4) is 17.0 Å². The van der Waals surface area contributed by atoms with E-state index in [1.165, 1.54) is 18.1 Å². The Morgan fingerprint density at radius 2 is 1.71 bits per heavy atom. The third-order valence-electron chi connectivity index (χ3n) is 6.04. The highest BCUT2D eigenvalue weighted by Gasteiger charge is 2.37. The average Bonchev–Trinajstić information content (AvgIpc) is 3.41. The molecular weight excluding hydrogens is 510 g/mol. The highest BCUT2D eigenvalue weighted by atomic mass is 19.4. The molecule has 0 saturated carbocycles. The Kier molecular flexibility index (Phi) is 7.65. The lowest BCUT2D eigenvalue weighted by Gasteiger charge is -2.35. The third-order valence-corrected chi connectivity index (χ3v) is 6.04. The Balaban J connectivity index is 1.31. The number of alkyl halides is 3. The van der Waals surface area contributed by atoms with Crippen LogP contribution in [-0.2, 0) is 11.0 Å². The van der Waals surface area contributed by atoms with Gasteiger partial charge in [0.15, 0.2) is 5.69 Å². The Morgan fingerprint density at radius 3 is 2.39 bits per heavy atom. The molecule has 38 heavy (non-hydrogen) atoms. The number of H-pyrrole nitrogens is 1. The van der Waals surface area contributed by atoms with Gasteiger partial charge in [-0.3, -0.25) is 19.5 Å². The Morgan fingerprint density at radius 1 is 1.03 bits per heavy atom. The molecule has 3 aromatic rings. The van der Waals surface area contributed by atoms with Crippen molar-refractivity contribution in [1.29, 1.82) is 0 Å². The molecule has 1 aliphatic heterocycles. The van der Waals surface area contributed by atoms with Crippen molar-refractivity contribution >= 4 is 17.7 Å². The molecule has 0 aliphatic carbocycles. The number of aromatic amines is 1. The molecule has 2 heterocycles. The number of methoxy groups -OCH3 is 1. The van der Waals surface area contributed by atoms with Gasteiger partial charge in [-0.2, -0.15) is 18.3 Å². The van der Waals surface area contributed by atoms with Crippen LogP contribution in [0.15, 0.2) is 48.5 Å². The van der Waals surface area contributed by atoms with Crippen LogP contribution >= 0.6 is 0 Å². The zero-order chi connectivity index (χ0) is 27.4. The van der Waals surface area contributed by atoms with Gasteiger partial charge in [-0.05, 0) is 36.4 Å². The molecule has 2 aromatic carbocycles. The van der Waals surface area contributed by atoms with Gasteiger partial charge in [0.05, 0.1) is 30.5 Å². The molecule has 9 nitrogen and oxygen atoms in total. The van der Waals surface area contributed by atoms with Gasteiger partial charge < -0.3 is 19.9 Å². The van der Waals surface area contributed by atoms with Gasteiger partial charge in [0, 0.05) is 31.7 Å². The fourth-order valence-electron chi connectivity index (χ4n) is 4.07. The minimum Gasteiger partial charge on any atom is -0.496 e. The number of nitrogens with zero attached hydrogens (tertiary/aromatic N) is 3. The topological polar surface area (TPSA) is 108 Å². The molecule has 1 aromatic heterocycles. The van der Waals surface area contributed by atoms with E-state index in [0.29, 0.717) is 35.2 Å². The molecule has 0 radical (unpaired) electrons. The number of hydrogen-bond donors (Lipinski definition) is 2. The first-order valence-electron chi connectivity index (χ1n) is 11.5. The van der Waals surface area contributed by atoms with Gasteiger partial charge in [-0.15, -0.1) is 0 Å². The van der Waals surface area contributed by atoms with Crippen LogP contribution in [0.4, 0.5) is 17.6 Å². The van der Waals surface area contributed by atoms with Crippen molar-refractivity contribution in [2.24, 2.45) is 0 Å². The minimum absolute atomic E-state index is 0.0392. The fraction of sp³-hybridized carbons (Fsp3) is 0.280. The number of carbonyl (C=O) groups excluding carboxylic acids is 3. The highest BCUT2D eigenvalue weighted by molar-refractivity contribution is 5.97. The van der Waals surface area contributed by atoms with E-state index in [1.807, 2.05) is 0 Å². The molecular formula is C25H23F4N5O4. The Bertz CT molecular complexity index is 1350. The summed E-state index contributed by atoms with van der Waals surface area (Å²) in [5.74, 6) is -2.37. The van der Waals surface area contributed by atoms with Gasteiger partial charge >= 0.3 is 6.18 Å². The van der Waals surface area contributed by atoms with E-state index >= 15 is 0 Å². The Labute approximate surface area is 214 Å². The zero-order valence-corrected chi connectivity index (χ0v) is 20.1. The van der Waals surface area contributed by atoms with Crippen LogP contribution in [0.1, 0.15) is 26.4 Å². The molecule has 1 aliphatic rings. The van der Waals surface area contributed by atoms with Crippen LogP contribution in [0.5, 0.6) is 5.75 Å². The summed E-state index contributed by atoms with van der Waals surface area (Å²) < 4.78 is 58.7. The Hall–Kier alpha value is -4.42. The first-order chi connectivity index (χ1) is 18.1. The average molecular weight is 533 g/mol. The number of para-hydroxylation sites is 1. The summed E-state index contributed by atoms with van der Waals surface area (Å²) >= 11 is 0. The molecule has 3 amide bonds. The smallest absolute Gasteiger partial charge is 0.417 e. The molecule has 1 saturated heterocycles. The maximum atomic E-state index is 13.6. The van der Waals surface area contributed by atoms with Gasteiger partial charge in [0.2, 0.25) is 5.91 Å². The van der Waals surface area contributed by atoms with Gasteiger partial charge in [0.25, 0.3) is 11.8 Å². The van der Waals surface area contributed by atoms with Crippen molar-refractivity contribution < 1.29 is 36.7 Å². The van der Waals surface area contributed by atoms with E-state index in [1.54, 1.807) is 24.3 Å². The second-order valence-corrected chi connectivity index (χ2v) is 8.41. The summed E-state index contributed by atoms with van der Waals surface area (Å²) in [6, 6.07) is 10.4. The molecule has 2 N–H and O–H groups in total. The van der Waals surface area contributed by atoms with Crippen LogP contribution in [0.2, 0.25) is 0 Å². The summed E-state index contributed by atoms with van der Waals surface area (Å²) in [6.45, 7) is -0.359. The fourth-order valence-corrected chi connectivity index (χ4v) is 4.07. The number of carbonyl (C=O) groups is 3. The number of hydrogen-bond acceptors (Lipinski definition) is 5. The minimum atomic E-state index is -4.82. The van der Waals surface area contributed by atoms with E-state index in [9.17, 15) is 31.9 Å². The molecule has 0 atom stereocenters. The molecule has 200 valence electrons. The van der Waals surface area contributed by atoms with E-state index in [-0.39, 0.29) is 38.4 Å². The molecule has 0 spiro atoms. The largest absolute Gasteiger partial charge is 0.496 e. The van der Waals surface area contributed by atoms with Crippen molar-refractivity contribution in [3.05, 3.63) is 71.2 Å². The summed E-state index contributed by atoms with van der Waals surface area (Å²) in [6.07, 6.45) is -4.82. The van der Waals surface area contributed by atoms with Crippen LogP contribution in [-0.4, -0.2) is 77.6 Å². The monoisotopic (exact) mass is 533 g/mol. The normalized spacial score (nSPS) is 13.8. The number of halogens is 4. The second kappa shape index (κ2) is 10.9. The molecule has 1 fully saturated rings. The quantitative estimate of drug-likeness (QED) is 0.474. The predicted molar refractivity (Wildman–Crippen MR) is 127 cm³/mol. The molecule has 13 heteroatoms. The lowest BCUT2D eigenvalue weighted by atomic mass is 10.0. The van der Waals surface area contributed by atoms with Crippen molar-refractivity contribution in [2.75, 3.05) is 39.8 Å². The number of benzene rings is 2. The number of nitrogens with one attached hydrogen (secondary N) is 2. The second-order valence-electron chi connectivity index (χ2n) is 8.41. The molecule has 4 rings (SSSR count). The van der Waals surface area contributed by atoms with Gasteiger partial charge in [-0.1, -0.05) is 12.1 Å².